The molecule has 0 bridgehead atoms. The molecule has 2 N–H and O–H groups in total. The molecule has 0 spiro atoms. The fraction of sp³-hybridized carbons (Fsp3) is 0.353. The number of nitrogens with one attached hydrogen (secondary N) is 2. The molecule has 4 aromatic rings. The molecule has 6 rings (SSSR count). The first-order valence-corrected chi connectivity index (χ1v) is 15.1. The zero-order valence-corrected chi connectivity index (χ0v) is 25.1. The number of ether oxygens (including phenoxy) is 3. The van der Waals surface area contributed by atoms with Crippen molar-refractivity contribution in [1.29, 1.82) is 5.26 Å². The fourth-order valence-corrected chi connectivity index (χ4v) is 5.69. The molecule has 232 valence electrons. The minimum atomic E-state index is -0.434. The number of furan rings is 1. The van der Waals surface area contributed by atoms with Crippen LogP contribution < -0.4 is 20.3 Å². The van der Waals surface area contributed by atoms with Gasteiger partial charge in [0.15, 0.2) is 0 Å². The first-order valence-electron chi connectivity index (χ1n) is 15.1. The number of anilines is 3. The summed E-state index contributed by atoms with van der Waals surface area (Å²) in [6.07, 6.45) is 4.79. The Kier molecular flexibility index (Phi) is 9.12. The molecule has 1 atom stereocenters. The summed E-state index contributed by atoms with van der Waals surface area (Å²) in [7, 11) is 1.34. The summed E-state index contributed by atoms with van der Waals surface area (Å²) in [4.78, 5) is 32.1. The minimum Gasteiger partial charge on any atom is -0.473 e. The summed E-state index contributed by atoms with van der Waals surface area (Å²) < 4.78 is 22.0. The van der Waals surface area contributed by atoms with Crippen LogP contribution in [0.2, 0.25) is 0 Å². The first kappa shape index (κ1) is 30.0. The number of carbonyl (C=O) groups is 2. The van der Waals surface area contributed by atoms with Gasteiger partial charge in [-0.15, -0.1) is 0 Å². The smallest absolute Gasteiger partial charge is 0.337 e. The summed E-state index contributed by atoms with van der Waals surface area (Å²) in [6.45, 7) is 3.16. The van der Waals surface area contributed by atoms with Crippen molar-refractivity contribution in [3.63, 3.8) is 0 Å². The van der Waals surface area contributed by atoms with E-state index in [1.165, 1.54) is 7.11 Å². The molecule has 11 heteroatoms. The number of aromatic nitrogens is 1. The van der Waals surface area contributed by atoms with Crippen molar-refractivity contribution in [2.75, 3.05) is 48.9 Å². The lowest BCUT2D eigenvalue weighted by Crippen LogP contribution is -2.35. The lowest BCUT2D eigenvalue weighted by atomic mass is 9.93. The quantitative estimate of drug-likeness (QED) is 0.209. The number of esters is 1. The Balaban J connectivity index is 1.02. The molecule has 0 radical (unpaired) electrons. The highest BCUT2D eigenvalue weighted by molar-refractivity contribution is 5.97. The molecular formula is C34H35N5O6. The maximum atomic E-state index is 13.1. The highest BCUT2D eigenvalue weighted by Gasteiger charge is 2.24. The van der Waals surface area contributed by atoms with Gasteiger partial charge >= 0.3 is 5.97 Å². The lowest BCUT2D eigenvalue weighted by Gasteiger charge is -2.32. The average molecular weight is 610 g/mol. The standard InChI is InChI=1S/C34H35N5O6/c1-42-34(41)23-7-8-28(29(18-23)36-20-26-11-15-43-26)37-31(40)17-22-9-13-39(14-10-22)30-3-2-4-32(38-30)45-21-25-6-5-24(19-35)27-12-16-44-33(25)27/h2-8,12,16,18,22,26,36H,9-11,13-15,17,20-21H2,1H3,(H,37,40)/t26-/m0/s1. The van der Waals surface area contributed by atoms with E-state index in [9.17, 15) is 14.9 Å². The van der Waals surface area contributed by atoms with E-state index in [0.29, 0.717) is 46.9 Å². The Bertz CT molecular complexity index is 1720. The highest BCUT2D eigenvalue weighted by atomic mass is 16.5. The van der Waals surface area contributed by atoms with Crippen molar-refractivity contribution < 1.29 is 28.2 Å². The Morgan fingerprint density at radius 1 is 1.09 bits per heavy atom. The topological polar surface area (TPSA) is 139 Å². The van der Waals surface area contributed by atoms with Gasteiger partial charge in [-0.1, -0.05) is 12.1 Å². The maximum absolute atomic E-state index is 13.1. The van der Waals surface area contributed by atoms with E-state index in [4.69, 9.17) is 23.6 Å². The molecule has 2 saturated heterocycles. The number of piperidine rings is 1. The number of amides is 1. The van der Waals surface area contributed by atoms with Crippen LogP contribution >= 0.6 is 0 Å². The number of rotatable bonds is 11. The van der Waals surface area contributed by atoms with Crippen molar-refractivity contribution in [3.05, 3.63) is 77.6 Å². The number of carbonyl (C=O) groups excluding carboxylic acids is 2. The zero-order valence-electron chi connectivity index (χ0n) is 25.1. The molecule has 2 aromatic heterocycles. The van der Waals surface area contributed by atoms with Gasteiger partial charge in [0.1, 0.15) is 18.0 Å². The third kappa shape index (κ3) is 7.02. The lowest BCUT2D eigenvalue weighted by molar-refractivity contribution is -0.117. The number of nitriles is 1. The number of pyridine rings is 1. The molecule has 4 heterocycles. The molecule has 0 unspecified atom stereocenters. The monoisotopic (exact) mass is 609 g/mol. The molecule has 0 saturated carbocycles. The van der Waals surface area contributed by atoms with Crippen LogP contribution in [0.1, 0.15) is 47.2 Å². The third-order valence-corrected chi connectivity index (χ3v) is 8.34. The van der Waals surface area contributed by atoms with Gasteiger partial charge in [0.05, 0.1) is 48.0 Å². The van der Waals surface area contributed by atoms with Gasteiger partial charge in [-0.3, -0.25) is 4.79 Å². The molecule has 2 aromatic carbocycles. The molecule has 0 aliphatic carbocycles. The molecule has 2 fully saturated rings. The number of nitrogens with zero attached hydrogens (tertiary/aromatic N) is 3. The number of fused-ring (bicyclic) bond motifs is 1. The maximum Gasteiger partial charge on any atom is 0.337 e. The summed E-state index contributed by atoms with van der Waals surface area (Å²) in [6, 6.07) is 18.4. The zero-order chi connectivity index (χ0) is 31.2. The van der Waals surface area contributed by atoms with Gasteiger partial charge in [-0.25, -0.2) is 4.79 Å². The predicted molar refractivity (Wildman–Crippen MR) is 168 cm³/mol. The number of benzene rings is 2. The summed E-state index contributed by atoms with van der Waals surface area (Å²) >= 11 is 0. The number of hydrogen-bond donors (Lipinski definition) is 2. The fourth-order valence-electron chi connectivity index (χ4n) is 5.69. The largest absolute Gasteiger partial charge is 0.473 e. The Morgan fingerprint density at radius 2 is 1.93 bits per heavy atom. The van der Waals surface area contributed by atoms with Crippen molar-refractivity contribution in [2.45, 2.75) is 38.4 Å². The van der Waals surface area contributed by atoms with Gasteiger partial charge in [-0.2, -0.15) is 10.2 Å². The third-order valence-electron chi connectivity index (χ3n) is 8.34. The first-order chi connectivity index (χ1) is 22.0. The Labute approximate surface area is 261 Å². The van der Waals surface area contributed by atoms with Crippen LogP contribution in [0.25, 0.3) is 11.0 Å². The van der Waals surface area contributed by atoms with Crippen LogP contribution in [0.5, 0.6) is 5.88 Å². The second kappa shape index (κ2) is 13.7. The summed E-state index contributed by atoms with van der Waals surface area (Å²) in [5.74, 6) is 1.07. The van der Waals surface area contributed by atoms with E-state index >= 15 is 0 Å². The second-order valence-electron chi connectivity index (χ2n) is 11.3. The molecule has 11 nitrogen and oxygen atoms in total. The molecule has 2 aliphatic heterocycles. The normalized spacial score (nSPS) is 16.4. The van der Waals surface area contributed by atoms with Gasteiger partial charge in [0.2, 0.25) is 11.8 Å². The number of methoxy groups -OCH3 is 1. The van der Waals surface area contributed by atoms with E-state index in [2.05, 4.69) is 21.6 Å². The summed E-state index contributed by atoms with van der Waals surface area (Å²) in [5, 5.41) is 16.5. The Hall–Kier alpha value is -5.08. The van der Waals surface area contributed by atoms with Crippen LogP contribution in [0.15, 0.2) is 65.3 Å². The van der Waals surface area contributed by atoms with Gasteiger partial charge in [-0.05, 0) is 61.6 Å². The van der Waals surface area contributed by atoms with E-state index in [1.807, 2.05) is 24.3 Å². The van der Waals surface area contributed by atoms with Crippen molar-refractivity contribution >= 4 is 40.0 Å². The Morgan fingerprint density at radius 3 is 2.69 bits per heavy atom. The van der Waals surface area contributed by atoms with Gasteiger partial charge < -0.3 is 34.2 Å². The van der Waals surface area contributed by atoms with E-state index in [1.54, 1.807) is 36.6 Å². The molecule has 2 aliphatic rings. The van der Waals surface area contributed by atoms with E-state index < -0.39 is 5.97 Å². The van der Waals surface area contributed by atoms with Crippen LogP contribution in [0.4, 0.5) is 17.2 Å². The van der Waals surface area contributed by atoms with Crippen LogP contribution in [0.3, 0.4) is 0 Å². The SMILES string of the molecule is COC(=O)c1ccc(NC(=O)CC2CCN(c3cccc(OCc4ccc(C#N)c5ccoc45)n3)CC2)c(NC[C@@H]2CCO2)c1. The average Bonchev–Trinajstić information content (AvgIpc) is 3.54. The molecular weight excluding hydrogens is 574 g/mol. The van der Waals surface area contributed by atoms with Crippen LogP contribution in [-0.4, -0.2) is 56.3 Å². The van der Waals surface area contributed by atoms with E-state index in [-0.39, 0.29) is 24.5 Å². The van der Waals surface area contributed by atoms with Crippen LogP contribution in [-0.2, 0) is 20.9 Å². The van der Waals surface area contributed by atoms with Crippen molar-refractivity contribution in [3.8, 4) is 11.9 Å². The minimum absolute atomic E-state index is 0.0656. The van der Waals surface area contributed by atoms with Crippen LogP contribution in [0, 0.1) is 17.2 Å². The highest BCUT2D eigenvalue weighted by Crippen LogP contribution is 2.29. The second-order valence-corrected chi connectivity index (χ2v) is 11.3. The number of hydrogen-bond acceptors (Lipinski definition) is 10. The van der Waals surface area contributed by atoms with Gasteiger partial charge in [0, 0.05) is 49.7 Å². The molecule has 1 amide bonds. The van der Waals surface area contributed by atoms with E-state index in [0.717, 1.165) is 55.7 Å². The van der Waals surface area contributed by atoms with Gasteiger partial charge in [0.25, 0.3) is 0 Å². The van der Waals surface area contributed by atoms with Crippen molar-refractivity contribution in [2.24, 2.45) is 5.92 Å². The summed E-state index contributed by atoms with van der Waals surface area (Å²) in [5.41, 5.74) is 3.75. The molecule has 45 heavy (non-hydrogen) atoms. The predicted octanol–water partition coefficient (Wildman–Crippen LogP) is 5.51. The van der Waals surface area contributed by atoms with Crippen molar-refractivity contribution in [1.82, 2.24) is 4.98 Å².